The quantitative estimate of drug-likeness (QED) is 0.709. The normalized spacial score (nSPS) is 15.6. The smallest absolute Gasteiger partial charge is 0.387 e. The number of methoxy groups -OCH3 is 1. The predicted octanol–water partition coefficient (Wildman–Crippen LogP) is 3.41. The monoisotopic (exact) mass is 420 g/mol. The van der Waals surface area contributed by atoms with Crippen molar-refractivity contribution in [3.63, 3.8) is 0 Å². The van der Waals surface area contributed by atoms with Gasteiger partial charge in [-0.25, -0.2) is 0 Å². The van der Waals surface area contributed by atoms with E-state index in [4.69, 9.17) is 9.47 Å². The topological polar surface area (TPSA) is 60.0 Å². The van der Waals surface area contributed by atoms with E-state index in [-0.39, 0.29) is 23.4 Å². The number of ether oxygens (including phenoxy) is 3. The molecule has 0 unspecified atom stereocenters. The lowest BCUT2D eigenvalue weighted by Crippen LogP contribution is -2.43. The highest BCUT2D eigenvalue weighted by Crippen LogP contribution is 2.29. The molecule has 1 fully saturated rings. The fraction of sp³-hybridized carbons (Fsp3) is 0.409. The van der Waals surface area contributed by atoms with E-state index in [9.17, 15) is 13.6 Å². The van der Waals surface area contributed by atoms with Gasteiger partial charge in [0.15, 0.2) is 11.5 Å². The van der Waals surface area contributed by atoms with E-state index in [1.54, 1.807) is 0 Å². The minimum absolute atomic E-state index is 0.0722. The van der Waals surface area contributed by atoms with Crippen LogP contribution in [0, 0.1) is 6.92 Å². The van der Waals surface area contributed by atoms with Crippen molar-refractivity contribution in [2.75, 3.05) is 40.0 Å². The van der Waals surface area contributed by atoms with Gasteiger partial charge in [-0.1, -0.05) is 29.8 Å². The summed E-state index contributed by atoms with van der Waals surface area (Å²) in [5.74, 6) is -0.369. The fourth-order valence-electron chi connectivity index (χ4n) is 3.32. The Kier molecular flexibility index (Phi) is 7.59. The summed E-state index contributed by atoms with van der Waals surface area (Å²) in [4.78, 5) is 15.2. The zero-order chi connectivity index (χ0) is 21.5. The first kappa shape index (κ1) is 22.0. The Morgan fingerprint density at radius 3 is 2.47 bits per heavy atom. The Morgan fingerprint density at radius 1 is 1.13 bits per heavy atom. The third-order valence-corrected chi connectivity index (χ3v) is 4.97. The summed E-state index contributed by atoms with van der Waals surface area (Å²) in [7, 11) is 1.34. The summed E-state index contributed by atoms with van der Waals surface area (Å²) >= 11 is 0. The Hall–Kier alpha value is -2.71. The number of hydrogen-bond acceptors (Lipinski definition) is 5. The number of amides is 1. The molecule has 0 saturated carbocycles. The maximum Gasteiger partial charge on any atom is 0.387 e. The zero-order valence-electron chi connectivity index (χ0n) is 17.1. The van der Waals surface area contributed by atoms with Gasteiger partial charge >= 0.3 is 6.61 Å². The van der Waals surface area contributed by atoms with Crippen LogP contribution in [-0.4, -0.2) is 57.4 Å². The number of nitrogens with one attached hydrogen (secondary N) is 1. The van der Waals surface area contributed by atoms with E-state index >= 15 is 0 Å². The van der Waals surface area contributed by atoms with Crippen molar-refractivity contribution in [2.45, 2.75) is 19.6 Å². The highest BCUT2D eigenvalue weighted by molar-refractivity contribution is 5.95. The summed E-state index contributed by atoms with van der Waals surface area (Å²) in [5, 5.41) is 3.06. The molecule has 0 aliphatic carbocycles. The first-order valence-corrected chi connectivity index (χ1v) is 9.76. The van der Waals surface area contributed by atoms with Gasteiger partial charge in [-0.3, -0.25) is 9.69 Å². The molecule has 6 nitrogen and oxygen atoms in total. The minimum atomic E-state index is -2.97. The zero-order valence-corrected chi connectivity index (χ0v) is 17.1. The van der Waals surface area contributed by atoms with Crippen molar-refractivity contribution in [1.82, 2.24) is 10.2 Å². The molecule has 3 rings (SSSR count). The summed E-state index contributed by atoms with van der Waals surface area (Å²) in [5.41, 5.74) is 2.42. The molecule has 162 valence electrons. The lowest BCUT2D eigenvalue weighted by atomic mass is 10.0. The van der Waals surface area contributed by atoms with Gasteiger partial charge in [0.2, 0.25) is 0 Å². The van der Waals surface area contributed by atoms with Crippen LogP contribution in [-0.2, 0) is 4.74 Å². The molecule has 1 aliphatic heterocycles. The summed E-state index contributed by atoms with van der Waals surface area (Å²) < 4.78 is 40.0. The molecule has 1 aliphatic rings. The van der Waals surface area contributed by atoms with E-state index in [1.165, 1.54) is 25.3 Å². The average Bonchev–Trinajstić information content (AvgIpc) is 2.74. The number of carbonyl (C=O) groups excluding carboxylic acids is 1. The molecule has 2 aromatic carbocycles. The van der Waals surface area contributed by atoms with Crippen molar-refractivity contribution in [3.05, 3.63) is 59.2 Å². The third kappa shape index (κ3) is 5.90. The Bertz CT molecular complexity index is 840. The van der Waals surface area contributed by atoms with Gasteiger partial charge < -0.3 is 19.5 Å². The van der Waals surface area contributed by atoms with E-state index in [0.29, 0.717) is 25.3 Å². The standard InChI is InChI=1S/C22H26F2N2O4/c1-15-3-5-16(6-4-15)18(14-26-9-11-29-12-10-26)25-21(27)17-7-8-19(30-22(23)24)20(13-17)28-2/h3-8,13,18,22H,9-12,14H2,1-2H3,(H,25,27)/t18-/m1/s1. The Balaban J connectivity index is 1.78. The van der Waals surface area contributed by atoms with Crippen LogP contribution in [0.2, 0.25) is 0 Å². The highest BCUT2D eigenvalue weighted by atomic mass is 19.3. The molecule has 8 heteroatoms. The highest BCUT2D eigenvalue weighted by Gasteiger charge is 2.22. The number of benzene rings is 2. The molecule has 0 bridgehead atoms. The van der Waals surface area contributed by atoms with Crippen LogP contribution in [0.15, 0.2) is 42.5 Å². The first-order chi connectivity index (χ1) is 14.5. The molecule has 2 aromatic rings. The predicted molar refractivity (Wildman–Crippen MR) is 108 cm³/mol. The first-order valence-electron chi connectivity index (χ1n) is 9.76. The van der Waals surface area contributed by atoms with E-state index in [0.717, 1.165) is 24.2 Å². The maximum absolute atomic E-state index is 12.9. The number of aryl methyl sites for hydroxylation is 1. The van der Waals surface area contributed by atoms with E-state index in [1.807, 2.05) is 31.2 Å². The number of morpholine rings is 1. The molecular weight excluding hydrogens is 394 g/mol. The molecular formula is C22H26F2N2O4. The number of rotatable bonds is 8. The molecule has 30 heavy (non-hydrogen) atoms. The summed E-state index contributed by atoms with van der Waals surface area (Å²) in [6.07, 6.45) is 0. The summed E-state index contributed by atoms with van der Waals surface area (Å²) in [6, 6.07) is 11.9. The number of hydrogen-bond donors (Lipinski definition) is 1. The minimum Gasteiger partial charge on any atom is -0.493 e. The second-order valence-corrected chi connectivity index (χ2v) is 7.09. The van der Waals surface area contributed by atoms with Crippen molar-refractivity contribution in [1.29, 1.82) is 0 Å². The van der Waals surface area contributed by atoms with Crippen LogP contribution in [0.4, 0.5) is 8.78 Å². The van der Waals surface area contributed by atoms with Gasteiger partial charge in [0.05, 0.1) is 26.4 Å². The van der Waals surface area contributed by atoms with Crippen LogP contribution in [0.5, 0.6) is 11.5 Å². The van der Waals surface area contributed by atoms with Crippen molar-refractivity contribution in [2.24, 2.45) is 0 Å². The van der Waals surface area contributed by atoms with Crippen LogP contribution < -0.4 is 14.8 Å². The molecule has 0 spiro atoms. The summed E-state index contributed by atoms with van der Waals surface area (Å²) in [6.45, 7) is 2.60. The second-order valence-electron chi connectivity index (χ2n) is 7.09. The Morgan fingerprint density at radius 2 is 1.83 bits per heavy atom. The molecule has 0 aromatic heterocycles. The number of alkyl halides is 2. The van der Waals surface area contributed by atoms with Gasteiger partial charge in [0.25, 0.3) is 5.91 Å². The molecule has 1 amide bonds. The SMILES string of the molecule is COc1cc(C(=O)N[C@H](CN2CCOCC2)c2ccc(C)cc2)ccc1OC(F)F. The number of halogens is 2. The number of carbonyl (C=O) groups is 1. The van der Waals surface area contributed by atoms with Gasteiger partial charge in [0, 0.05) is 25.2 Å². The maximum atomic E-state index is 12.9. The van der Waals surface area contributed by atoms with Crippen LogP contribution >= 0.6 is 0 Å². The van der Waals surface area contributed by atoms with Crippen molar-refractivity contribution >= 4 is 5.91 Å². The lowest BCUT2D eigenvalue weighted by Gasteiger charge is -2.31. The van der Waals surface area contributed by atoms with Crippen LogP contribution in [0.1, 0.15) is 27.5 Å². The fourth-order valence-corrected chi connectivity index (χ4v) is 3.32. The van der Waals surface area contributed by atoms with Gasteiger partial charge in [-0.15, -0.1) is 0 Å². The lowest BCUT2D eigenvalue weighted by molar-refractivity contribution is -0.0512. The molecule has 1 saturated heterocycles. The van der Waals surface area contributed by atoms with E-state index < -0.39 is 6.61 Å². The van der Waals surface area contributed by atoms with Gasteiger partial charge in [-0.2, -0.15) is 8.78 Å². The van der Waals surface area contributed by atoms with Crippen LogP contribution in [0.3, 0.4) is 0 Å². The number of nitrogens with zero attached hydrogens (tertiary/aromatic N) is 1. The Labute approximate surface area is 174 Å². The average molecular weight is 420 g/mol. The van der Waals surface area contributed by atoms with Crippen LogP contribution in [0.25, 0.3) is 0 Å². The van der Waals surface area contributed by atoms with E-state index in [2.05, 4.69) is 15.0 Å². The molecule has 1 heterocycles. The van der Waals surface area contributed by atoms with Gasteiger partial charge in [-0.05, 0) is 30.7 Å². The van der Waals surface area contributed by atoms with Gasteiger partial charge in [0.1, 0.15) is 0 Å². The molecule has 1 N–H and O–H groups in total. The third-order valence-electron chi connectivity index (χ3n) is 4.97. The molecule has 0 radical (unpaired) electrons. The second kappa shape index (κ2) is 10.4. The molecule has 1 atom stereocenters. The van der Waals surface area contributed by atoms with Crippen molar-refractivity contribution in [3.8, 4) is 11.5 Å². The largest absolute Gasteiger partial charge is 0.493 e. The van der Waals surface area contributed by atoms with Crippen molar-refractivity contribution < 1.29 is 27.8 Å².